The molecule has 0 atom stereocenters. The molecule has 5 rings (SSSR count). The van der Waals surface area contributed by atoms with E-state index in [2.05, 4.69) is 5.32 Å². The van der Waals surface area contributed by atoms with Gasteiger partial charge in [0.25, 0.3) is 5.91 Å². The van der Waals surface area contributed by atoms with E-state index in [0.717, 1.165) is 11.1 Å². The summed E-state index contributed by atoms with van der Waals surface area (Å²) in [5.74, 6) is -2.29. The van der Waals surface area contributed by atoms with Crippen LogP contribution in [0.4, 0.5) is 5.69 Å². The number of ether oxygens (including phenoxy) is 2. The van der Waals surface area contributed by atoms with Crippen LogP contribution in [0.2, 0.25) is 0 Å². The molecule has 0 fully saturated rings. The van der Waals surface area contributed by atoms with Gasteiger partial charge in [0.2, 0.25) is 0 Å². The molecular weight excluding hydrogens is 550 g/mol. The minimum absolute atomic E-state index is 0.0127. The Morgan fingerprint density at radius 2 is 1.00 bits per heavy atom. The van der Waals surface area contributed by atoms with Crippen molar-refractivity contribution in [3.05, 3.63) is 144 Å². The molecule has 9 nitrogen and oxygen atoms in total. The molecule has 0 aliphatic heterocycles. The normalized spacial score (nSPS) is 10.4. The third kappa shape index (κ3) is 7.11. The molecule has 212 valence electrons. The lowest BCUT2D eigenvalue weighted by molar-refractivity contribution is 0.0694. The number of nitrogens with one attached hydrogen (secondary N) is 1. The van der Waals surface area contributed by atoms with Gasteiger partial charge in [0.15, 0.2) is 0 Å². The molecule has 0 spiro atoms. The predicted molar refractivity (Wildman–Crippen MR) is 158 cm³/mol. The van der Waals surface area contributed by atoms with Crippen molar-refractivity contribution in [1.29, 1.82) is 0 Å². The van der Waals surface area contributed by atoms with Crippen LogP contribution in [0.3, 0.4) is 0 Å². The molecule has 0 unspecified atom stereocenters. The van der Waals surface area contributed by atoms with Crippen LogP contribution < -0.4 is 14.8 Å². The number of aromatic hydroxyl groups is 1. The van der Waals surface area contributed by atoms with Gasteiger partial charge < -0.3 is 25.0 Å². The van der Waals surface area contributed by atoms with Gasteiger partial charge in [-0.1, -0.05) is 42.5 Å². The molecule has 0 saturated carbocycles. The lowest BCUT2D eigenvalue weighted by atomic mass is 10.1. The summed E-state index contributed by atoms with van der Waals surface area (Å²) in [4.78, 5) is 49.0. The van der Waals surface area contributed by atoms with Crippen LogP contribution in [0.25, 0.3) is 11.1 Å². The highest BCUT2D eigenvalue weighted by Crippen LogP contribution is 2.26. The van der Waals surface area contributed by atoms with Crippen molar-refractivity contribution in [2.45, 2.75) is 0 Å². The molecule has 0 aliphatic rings. The van der Waals surface area contributed by atoms with Gasteiger partial charge in [-0.3, -0.25) is 4.79 Å². The standard InChI is InChI=1S/C34H23NO8/c36-28-9-3-8-27(20-28)35-31(37)23-4-1-6-25(18-23)33(40)42-29-14-10-21(11-15-29)22-12-16-30(17-13-22)43-34(41)26-7-2-5-24(19-26)32(38)39/h1-20,36H,(H,35,37)(H,38,39). The van der Waals surface area contributed by atoms with Gasteiger partial charge in [0.05, 0.1) is 16.7 Å². The Morgan fingerprint density at radius 1 is 0.535 bits per heavy atom. The first kappa shape index (κ1) is 28.3. The average molecular weight is 574 g/mol. The molecule has 0 aliphatic carbocycles. The van der Waals surface area contributed by atoms with Crippen LogP contribution in [0.1, 0.15) is 41.4 Å². The van der Waals surface area contributed by atoms with Crippen molar-refractivity contribution in [1.82, 2.24) is 0 Å². The number of esters is 2. The van der Waals surface area contributed by atoms with Crippen LogP contribution in [0.15, 0.2) is 121 Å². The second-order valence-electron chi connectivity index (χ2n) is 9.30. The lowest BCUT2D eigenvalue weighted by Gasteiger charge is -2.09. The number of hydrogen-bond donors (Lipinski definition) is 3. The van der Waals surface area contributed by atoms with E-state index in [-0.39, 0.29) is 33.8 Å². The topological polar surface area (TPSA) is 139 Å². The first-order valence-corrected chi connectivity index (χ1v) is 12.9. The molecule has 1 amide bonds. The summed E-state index contributed by atoms with van der Waals surface area (Å²) >= 11 is 0. The van der Waals surface area contributed by atoms with Gasteiger partial charge in [0.1, 0.15) is 17.2 Å². The number of carbonyl (C=O) groups excluding carboxylic acids is 3. The average Bonchev–Trinajstić information content (AvgIpc) is 3.02. The number of aromatic carboxylic acids is 1. The van der Waals surface area contributed by atoms with E-state index in [9.17, 15) is 24.3 Å². The Bertz CT molecular complexity index is 1830. The molecule has 0 aromatic heterocycles. The van der Waals surface area contributed by atoms with Crippen LogP contribution in [-0.4, -0.2) is 34.0 Å². The first-order chi connectivity index (χ1) is 20.7. The number of amides is 1. The largest absolute Gasteiger partial charge is 0.508 e. The molecule has 5 aromatic carbocycles. The van der Waals surface area contributed by atoms with E-state index in [1.165, 1.54) is 42.5 Å². The number of carboxylic acids is 1. The molecule has 0 radical (unpaired) electrons. The minimum Gasteiger partial charge on any atom is -0.508 e. The van der Waals surface area contributed by atoms with Crippen molar-refractivity contribution in [2.75, 3.05) is 5.32 Å². The highest BCUT2D eigenvalue weighted by Gasteiger charge is 2.14. The molecule has 0 heterocycles. The first-order valence-electron chi connectivity index (χ1n) is 12.9. The van der Waals surface area contributed by atoms with Crippen LogP contribution in [0.5, 0.6) is 17.2 Å². The summed E-state index contributed by atoms with van der Waals surface area (Å²) in [5, 5.41) is 21.4. The number of carbonyl (C=O) groups is 4. The summed E-state index contributed by atoms with van der Waals surface area (Å²) in [6.07, 6.45) is 0. The molecule has 43 heavy (non-hydrogen) atoms. The van der Waals surface area contributed by atoms with Gasteiger partial charge in [-0.05, 0) is 83.9 Å². The summed E-state index contributed by atoms with van der Waals surface area (Å²) in [7, 11) is 0. The van der Waals surface area contributed by atoms with E-state index in [1.807, 2.05) is 0 Å². The second-order valence-corrected chi connectivity index (χ2v) is 9.30. The number of carboxylic acid groups (broad SMARTS) is 1. The summed E-state index contributed by atoms with van der Waals surface area (Å²) < 4.78 is 10.9. The Hall–Kier alpha value is -6.22. The van der Waals surface area contributed by atoms with Crippen LogP contribution in [-0.2, 0) is 0 Å². The summed E-state index contributed by atoms with van der Waals surface area (Å²) in [6.45, 7) is 0. The molecule has 9 heteroatoms. The molecule has 0 saturated heterocycles. The minimum atomic E-state index is -1.14. The maximum atomic E-state index is 12.8. The highest BCUT2D eigenvalue weighted by molar-refractivity contribution is 6.06. The van der Waals surface area contributed by atoms with Crippen molar-refractivity contribution >= 4 is 29.5 Å². The highest BCUT2D eigenvalue weighted by atomic mass is 16.5. The SMILES string of the molecule is O=C(O)c1cccc(C(=O)Oc2ccc(-c3ccc(OC(=O)c4cccc(C(=O)Nc5cccc(O)c5)c4)cc3)cc2)c1. The smallest absolute Gasteiger partial charge is 0.343 e. The fourth-order valence-corrected chi connectivity index (χ4v) is 4.12. The number of benzene rings is 5. The number of phenolic OH excluding ortho intramolecular Hbond substituents is 1. The third-order valence-corrected chi connectivity index (χ3v) is 6.27. The zero-order valence-electron chi connectivity index (χ0n) is 22.4. The Kier molecular flexibility index (Phi) is 8.25. The van der Waals surface area contributed by atoms with Gasteiger partial charge in [-0.25, -0.2) is 14.4 Å². The van der Waals surface area contributed by atoms with E-state index in [0.29, 0.717) is 11.4 Å². The molecule has 0 bridgehead atoms. The quantitative estimate of drug-likeness (QED) is 0.142. The fraction of sp³-hybridized carbons (Fsp3) is 0. The predicted octanol–water partition coefficient (Wildman–Crippen LogP) is 6.45. The zero-order chi connectivity index (χ0) is 30.3. The van der Waals surface area contributed by atoms with Crippen molar-refractivity contribution in [3.8, 4) is 28.4 Å². The third-order valence-electron chi connectivity index (χ3n) is 6.27. The maximum absolute atomic E-state index is 12.8. The van der Waals surface area contributed by atoms with Crippen LogP contribution in [0, 0.1) is 0 Å². The van der Waals surface area contributed by atoms with Gasteiger partial charge in [-0.15, -0.1) is 0 Å². The molecular formula is C34H23NO8. The number of rotatable bonds is 8. The Balaban J connectivity index is 1.20. The van der Waals surface area contributed by atoms with Crippen LogP contribution >= 0.6 is 0 Å². The van der Waals surface area contributed by atoms with Gasteiger partial charge in [0, 0.05) is 17.3 Å². The monoisotopic (exact) mass is 573 g/mol. The van der Waals surface area contributed by atoms with Gasteiger partial charge >= 0.3 is 17.9 Å². The van der Waals surface area contributed by atoms with Crippen molar-refractivity contribution in [2.24, 2.45) is 0 Å². The number of anilines is 1. The van der Waals surface area contributed by atoms with Crippen molar-refractivity contribution in [3.63, 3.8) is 0 Å². The second kappa shape index (κ2) is 12.5. The van der Waals surface area contributed by atoms with E-state index in [1.54, 1.807) is 78.9 Å². The number of hydrogen-bond acceptors (Lipinski definition) is 7. The molecule has 3 N–H and O–H groups in total. The Labute approximate surface area is 245 Å². The van der Waals surface area contributed by atoms with E-state index in [4.69, 9.17) is 14.6 Å². The zero-order valence-corrected chi connectivity index (χ0v) is 22.4. The maximum Gasteiger partial charge on any atom is 0.343 e. The summed E-state index contributed by atoms with van der Waals surface area (Å²) in [5.41, 5.74) is 2.59. The van der Waals surface area contributed by atoms with Crippen molar-refractivity contribution < 1.29 is 38.9 Å². The van der Waals surface area contributed by atoms with E-state index < -0.39 is 23.8 Å². The van der Waals surface area contributed by atoms with E-state index >= 15 is 0 Å². The molecule has 5 aromatic rings. The number of phenols is 1. The summed E-state index contributed by atoms with van der Waals surface area (Å²) in [6, 6.07) is 31.4. The lowest BCUT2D eigenvalue weighted by Crippen LogP contribution is -2.14. The fourth-order valence-electron chi connectivity index (χ4n) is 4.12. The van der Waals surface area contributed by atoms with Gasteiger partial charge in [-0.2, -0.15) is 0 Å². The Morgan fingerprint density at radius 3 is 1.51 bits per heavy atom.